The minimum atomic E-state index is 0.894. The topological polar surface area (TPSA) is 26.0 Å². The van der Waals surface area contributed by atoms with Crippen molar-refractivity contribution in [3.05, 3.63) is 35.4 Å². The molecule has 0 aliphatic heterocycles. The van der Waals surface area contributed by atoms with E-state index in [-0.39, 0.29) is 0 Å². The van der Waals surface area contributed by atoms with Gasteiger partial charge in [-0.25, -0.2) is 0 Å². The van der Waals surface area contributed by atoms with Gasteiger partial charge in [0.05, 0.1) is 0 Å². The van der Waals surface area contributed by atoms with Gasteiger partial charge in [0.25, 0.3) is 0 Å². The third-order valence-corrected chi connectivity index (χ3v) is 2.59. The Morgan fingerprint density at radius 3 is 2.86 bits per heavy atom. The fraction of sp³-hybridized carbons (Fsp3) is 0.333. The smallest absolute Gasteiger partial charge is 0.0346 e. The fourth-order valence-electron chi connectivity index (χ4n) is 1.32. The number of allylic oxidation sites excluding steroid dienone is 1. The van der Waals surface area contributed by atoms with Crippen LogP contribution in [-0.2, 0) is 6.42 Å². The summed E-state index contributed by atoms with van der Waals surface area (Å²) in [5.74, 6) is 0. The van der Waals surface area contributed by atoms with Gasteiger partial charge < -0.3 is 5.73 Å². The predicted octanol–water partition coefficient (Wildman–Crippen LogP) is 3.63. The van der Waals surface area contributed by atoms with Gasteiger partial charge in [-0.2, -0.15) is 0 Å². The summed E-state index contributed by atoms with van der Waals surface area (Å²) in [4.78, 5) is 0. The molecule has 0 spiro atoms. The number of anilines is 1. The zero-order valence-electron chi connectivity index (χ0n) is 8.46. The highest BCUT2D eigenvalue weighted by atomic mass is 79.9. The van der Waals surface area contributed by atoms with Crippen LogP contribution in [0.4, 0.5) is 5.69 Å². The summed E-state index contributed by atoms with van der Waals surface area (Å²) < 4.78 is 0. The van der Waals surface area contributed by atoms with Gasteiger partial charge >= 0.3 is 0 Å². The average molecular weight is 254 g/mol. The van der Waals surface area contributed by atoms with Crippen LogP contribution in [-0.4, -0.2) is 5.33 Å². The molecule has 0 amide bonds. The van der Waals surface area contributed by atoms with E-state index in [1.165, 1.54) is 11.1 Å². The first kappa shape index (κ1) is 11.3. The maximum absolute atomic E-state index is 5.82. The molecule has 2 N–H and O–H groups in total. The third kappa shape index (κ3) is 3.18. The van der Waals surface area contributed by atoms with Crippen molar-refractivity contribution in [1.29, 1.82) is 0 Å². The Morgan fingerprint density at radius 1 is 1.43 bits per heavy atom. The summed E-state index contributed by atoms with van der Waals surface area (Å²) in [5.41, 5.74) is 9.18. The van der Waals surface area contributed by atoms with E-state index in [1.54, 1.807) is 0 Å². The number of hydrogen-bond acceptors (Lipinski definition) is 1. The van der Waals surface area contributed by atoms with Gasteiger partial charge in [-0.05, 0) is 36.1 Å². The fourth-order valence-corrected chi connectivity index (χ4v) is 1.58. The summed E-state index contributed by atoms with van der Waals surface area (Å²) in [6.07, 6.45) is 6.36. The van der Waals surface area contributed by atoms with Gasteiger partial charge in [0.1, 0.15) is 0 Å². The molecule has 1 rings (SSSR count). The van der Waals surface area contributed by atoms with E-state index < -0.39 is 0 Å². The van der Waals surface area contributed by atoms with Crippen LogP contribution in [0.15, 0.2) is 24.3 Å². The van der Waals surface area contributed by atoms with Gasteiger partial charge in [0.15, 0.2) is 0 Å². The van der Waals surface area contributed by atoms with E-state index in [4.69, 9.17) is 5.73 Å². The van der Waals surface area contributed by atoms with Gasteiger partial charge in [-0.1, -0.05) is 41.1 Å². The summed E-state index contributed by atoms with van der Waals surface area (Å²) in [6.45, 7) is 2.12. The molecule has 0 saturated carbocycles. The summed E-state index contributed by atoms with van der Waals surface area (Å²) in [5, 5.41) is 1.01. The van der Waals surface area contributed by atoms with Crippen molar-refractivity contribution in [2.75, 3.05) is 11.1 Å². The first-order valence-electron chi connectivity index (χ1n) is 4.88. The van der Waals surface area contributed by atoms with Crippen LogP contribution in [0, 0.1) is 0 Å². The molecule has 0 radical (unpaired) electrons. The van der Waals surface area contributed by atoms with E-state index in [1.807, 2.05) is 6.07 Å². The normalized spacial score (nSPS) is 11.0. The standard InChI is InChI=1S/C12H16BrN/c1-2-11-9-10(5-3-4-8-13)6-7-12(11)14/h3,5-7,9H,2,4,8,14H2,1H3. The maximum Gasteiger partial charge on any atom is 0.0346 e. The first-order valence-corrected chi connectivity index (χ1v) is 6.01. The first-order chi connectivity index (χ1) is 6.77. The van der Waals surface area contributed by atoms with Crippen LogP contribution in [0.1, 0.15) is 24.5 Å². The SMILES string of the molecule is CCc1cc(C=CCCBr)ccc1N. The number of benzene rings is 1. The largest absolute Gasteiger partial charge is 0.399 e. The Kier molecular flexibility index (Phi) is 4.74. The zero-order chi connectivity index (χ0) is 10.4. The molecule has 14 heavy (non-hydrogen) atoms. The molecular weight excluding hydrogens is 238 g/mol. The number of rotatable bonds is 4. The Labute approximate surface area is 94.1 Å². The monoisotopic (exact) mass is 253 g/mol. The number of alkyl halides is 1. The van der Waals surface area contributed by atoms with Crippen LogP contribution in [0.5, 0.6) is 0 Å². The Bertz CT molecular complexity index is 318. The number of nitrogen functional groups attached to an aromatic ring is 1. The highest BCUT2D eigenvalue weighted by Crippen LogP contribution is 2.15. The number of hydrogen-bond donors (Lipinski definition) is 1. The lowest BCUT2D eigenvalue weighted by atomic mass is 10.1. The minimum Gasteiger partial charge on any atom is -0.399 e. The van der Waals surface area contributed by atoms with E-state index >= 15 is 0 Å². The van der Waals surface area contributed by atoms with Gasteiger partial charge in [0, 0.05) is 11.0 Å². The highest BCUT2D eigenvalue weighted by Gasteiger charge is 1.96. The Balaban J connectivity index is 2.79. The molecule has 1 aromatic rings. The van der Waals surface area contributed by atoms with E-state index in [0.717, 1.165) is 23.9 Å². The van der Waals surface area contributed by atoms with Crippen LogP contribution >= 0.6 is 15.9 Å². The molecule has 76 valence electrons. The van der Waals surface area contributed by atoms with Crippen molar-refractivity contribution in [1.82, 2.24) is 0 Å². The van der Waals surface area contributed by atoms with E-state index in [9.17, 15) is 0 Å². The Hall–Kier alpha value is -0.760. The van der Waals surface area contributed by atoms with Crippen molar-refractivity contribution >= 4 is 27.7 Å². The second kappa shape index (κ2) is 5.86. The predicted molar refractivity (Wildman–Crippen MR) is 67.7 cm³/mol. The third-order valence-electron chi connectivity index (χ3n) is 2.13. The van der Waals surface area contributed by atoms with Gasteiger partial charge in [0.2, 0.25) is 0 Å². The number of nitrogens with two attached hydrogens (primary N) is 1. The molecule has 0 saturated heterocycles. The molecule has 0 bridgehead atoms. The van der Waals surface area contributed by atoms with Crippen LogP contribution in [0.2, 0.25) is 0 Å². The van der Waals surface area contributed by atoms with Gasteiger partial charge in [-0.3, -0.25) is 0 Å². The lowest BCUT2D eigenvalue weighted by Gasteiger charge is -2.03. The van der Waals surface area contributed by atoms with Crippen molar-refractivity contribution in [3.8, 4) is 0 Å². The van der Waals surface area contributed by atoms with Crippen molar-refractivity contribution in [2.24, 2.45) is 0 Å². The number of aryl methyl sites for hydroxylation is 1. The molecule has 0 aromatic heterocycles. The van der Waals surface area contributed by atoms with E-state index in [2.05, 4.69) is 47.1 Å². The second-order valence-corrected chi connectivity index (χ2v) is 3.98. The van der Waals surface area contributed by atoms with Crippen molar-refractivity contribution < 1.29 is 0 Å². The van der Waals surface area contributed by atoms with Crippen molar-refractivity contribution in [3.63, 3.8) is 0 Å². The highest BCUT2D eigenvalue weighted by molar-refractivity contribution is 9.09. The average Bonchev–Trinajstić information content (AvgIpc) is 2.21. The molecule has 0 atom stereocenters. The maximum atomic E-state index is 5.82. The molecule has 0 fully saturated rings. The van der Waals surface area contributed by atoms with Crippen LogP contribution < -0.4 is 5.73 Å². The minimum absolute atomic E-state index is 0.894. The molecule has 1 nitrogen and oxygen atoms in total. The second-order valence-electron chi connectivity index (χ2n) is 3.19. The summed E-state index contributed by atoms with van der Waals surface area (Å²) in [6, 6.07) is 6.19. The van der Waals surface area contributed by atoms with E-state index in [0.29, 0.717) is 0 Å². The van der Waals surface area contributed by atoms with Gasteiger partial charge in [-0.15, -0.1) is 0 Å². The lowest BCUT2D eigenvalue weighted by molar-refractivity contribution is 1.14. The Morgan fingerprint density at radius 2 is 2.21 bits per heavy atom. The van der Waals surface area contributed by atoms with Crippen LogP contribution in [0.3, 0.4) is 0 Å². The van der Waals surface area contributed by atoms with Crippen molar-refractivity contribution in [2.45, 2.75) is 19.8 Å². The van der Waals surface area contributed by atoms with Crippen LogP contribution in [0.25, 0.3) is 6.08 Å². The summed E-state index contributed by atoms with van der Waals surface area (Å²) >= 11 is 3.39. The molecular formula is C12H16BrN. The summed E-state index contributed by atoms with van der Waals surface area (Å²) in [7, 11) is 0. The molecule has 0 unspecified atom stereocenters. The molecule has 2 heteroatoms. The lowest BCUT2D eigenvalue weighted by Crippen LogP contribution is -1.92. The molecule has 0 heterocycles. The molecule has 1 aromatic carbocycles. The quantitative estimate of drug-likeness (QED) is 0.644. The molecule has 0 aliphatic rings. The number of halogens is 1. The zero-order valence-corrected chi connectivity index (χ0v) is 10.0. The molecule has 0 aliphatic carbocycles.